The Morgan fingerprint density at radius 1 is 1.18 bits per heavy atom. The number of carbonyl (C=O) groups excluding carboxylic acids is 2. The Labute approximate surface area is 196 Å². The lowest BCUT2D eigenvalue weighted by molar-refractivity contribution is -0.148. The second kappa shape index (κ2) is 12.0. The van der Waals surface area contributed by atoms with E-state index < -0.39 is 12.0 Å². The summed E-state index contributed by atoms with van der Waals surface area (Å²) in [6.45, 7) is 6.88. The molecule has 0 aromatic heterocycles. The largest absolute Gasteiger partial charge is 0.493 e. The highest BCUT2D eigenvalue weighted by atomic mass is 16.5. The van der Waals surface area contributed by atoms with Crippen LogP contribution in [-0.2, 0) is 27.3 Å². The van der Waals surface area contributed by atoms with Crippen LogP contribution in [0.25, 0.3) is 0 Å². The van der Waals surface area contributed by atoms with Gasteiger partial charge in [-0.3, -0.25) is 14.5 Å². The number of carbonyl (C=O) groups is 3. The van der Waals surface area contributed by atoms with Crippen molar-refractivity contribution in [3.8, 4) is 5.75 Å². The van der Waals surface area contributed by atoms with Crippen LogP contribution in [0.4, 0.5) is 0 Å². The van der Waals surface area contributed by atoms with Crippen molar-refractivity contribution >= 4 is 17.8 Å². The van der Waals surface area contributed by atoms with Crippen molar-refractivity contribution in [2.24, 2.45) is 0 Å². The standard InChI is InChI=1S/C25H37N3O5/c1-18(2)27-16-20-15-19(9-11-24(30)28-13-6-7-21(28)25(31)32)8-10-22(20)33-14-5-3-4-12-26-23(29)17-27/h8,10,15,18,21H,3-7,9,11-14,16-17H2,1-2H3,(H,26,29)(H,31,32)/t21-/m0/s1. The fourth-order valence-corrected chi connectivity index (χ4v) is 4.46. The predicted octanol–water partition coefficient (Wildman–Crippen LogP) is 2.58. The van der Waals surface area contributed by atoms with E-state index in [-0.39, 0.29) is 24.3 Å². The molecule has 0 radical (unpaired) electrons. The molecule has 1 aromatic carbocycles. The first-order valence-corrected chi connectivity index (χ1v) is 12.1. The van der Waals surface area contributed by atoms with Gasteiger partial charge >= 0.3 is 5.97 Å². The number of aryl methyl sites for hydroxylation is 1. The molecular weight excluding hydrogens is 422 g/mol. The summed E-state index contributed by atoms with van der Waals surface area (Å²) in [7, 11) is 0. The molecule has 1 aromatic rings. The van der Waals surface area contributed by atoms with Crippen LogP contribution in [0, 0.1) is 0 Å². The molecular formula is C25H37N3O5. The van der Waals surface area contributed by atoms with E-state index in [2.05, 4.69) is 30.1 Å². The summed E-state index contributed by atoms with van der Waals surface area (Å²) in [5, 5.41) is 12.4. The van der Waals surface area contributed by atoms with Gasteiger partial charge in [0.1, 0.15) is 11.8 Å². The highest BCUT2D eigenvalue weighted by Gasteiger charge is 2.33. The summed E-state index contributed by atoms with van der Waals surface area (Å²) < 4.78 is 6.09. The molecule has 3 rings (SSSR count). The van der Waals surface area contributed by atoms with Gasteiger partial charge < -0.3 is 20.1 Å². The summed E-state index contributed by atoms with van der Waals surface area (Å²) in [5.74, 6) is -0.182. The van der Waals surface area contributed by atoms with E-state index in [9.17, 15) is 19.5 Å². The number of aliphatic carboxylic acids is 1. The number of hydrogen-bond acceptors (Lipinski definition) is 5. The molecule has 0 spiro atoms. The van der Waals surface area contributed by atoms with E-state index in [1.807, 2.05) is 12.1 Å². The number of nitrogens with one attached hydrogen (secondary N) is 1. The fourth-order valence-electron chi connectivity index (χ4n) is 4.46. The van der Waals surface area contributed by atoms with Crippen LogP contribution >= 0.6 is 0 Å². The van der Waals surface area contributed by atoms with Crippen molar-refractivity contribution < 1.29 is 24.2 Å². The molecule has 0 saturated carbocycles. The molecule has 1 saturated heterocycles. The number of carboxylic acid groups (broad SMARTS) is 1. The number of ether oxygens (including phenoxy) is 1. The zero-order valence-electron chi connectivity index (χ0n) is 19.8. The quantitative estimate of drug-likeness (QED) is 0.702. The van der Waals surface area contributed by atoms with Gasteiger partial charge in [0, 0.05) is 37.7 Å². The van der Waals surface area contributed by atoms with Crippen LogP contribution in [0.5, 0.6) is 5.75 Å². The van der Waals surface area contributed by atoms with Gasteiger partial charge in [-0.25, -0.2) is 4.79 Å². The van der Waals surface area contributed by atoms with Gasteiger partial charge in [-0.2, -0.15) is 0 Å². The van der Waals surface area contributed by atoms with Crippen molar-refractivity contribution in [1.29, 1.82) is 0 Å². The molecule has 0 aliphatic carbocycles. The maximum Gasteiger partial charge on any atom is 0.326 e. The predicted molar refractivity (Wildman–Crippen MR) is 125 cm³/mol. The lowest BCUT2D eigenvalue weighted by Gasteiger charge is -2.27. The normalized spacial score (nSPS) is 20.8. The first kappa shape index (κ1) is 25.0. The Morgan fingerprint density at radius 2 is 2.00 bits per heavy atom. The van der Waals surface area contributed by atoms with E-state index in [1.54, 1.807) is 0 Å². The lowest BCUT2D eigenvalue weighted by atomic mass is 10.0. The number of rotatable bonds is 5. The Balaban J connectivity index is 1.73. The number of nitrogens with zero attached hydrogens (tertiary/aromatic N) is 2. The van der Waals surface area contributed by atoms with Crippen LogP contribution in [0.1, 0.15) is 63.5 Å². The van der Waals surface area contributed by atoms with Crippen molar-refractivity contribution in [2.75, 3.05) is 26.2 Å². The van der Waals surface area contributed by atoms with Gasteiger partial charge in [-0.05, 0) is 64.0 Å². The summed E-state index contributed by atoms with van der Waals surface area (Å²) >= 11 is 0. The average Bonchev–Trinajstić information content (AvgIpc) is 3.27. The van der Waals surface area contributed by atoms with Crippen molar-refractivity contribution in [3.05, 3.63) is 29.3 Å². The summed E-state index contributed by atoms with van der Waals surface area (Å²) in [6, 6.07) is 5.49. The average molecular weight is 460 g/mol. The van der Waals surface area contributed by atoms with Crippen LogP contribution in [0.2, 0.25) is 0 Å². The maximum absolute atomic E-state index is 12.7. The summed E-state index contributed by atoms with van der Waals surface area (Å²) in [4.78, 5) is 40.1. The highest BCUT2D eigenvalue weighted by Crippen LogP contribution is 2.25. The molecule has 0 bridgehead atoms. The lowest BCUT2D eigenvalue weighted by Crippen LogP contribution is -2.40. The molecule has 182 valence electrons. The van der Waals surface area contributed by atoms with E-state index in [0.29, 0.717) is 45.6 Å². The highest BCUT2D eigenvalue weighted by molar-refractivity contribution is 5.84. The molecule has 2 N–H and O–H groups in total. The SMILES string of the molecule is CC(C)N1CC(=O)NCCCCCOc2ccc(CCC(=O)N3CCC[C@H]3C(=O)O)cc2C1. The Kier molecular flexibility index (Phi) is 9.11. The van der Waals surface area contributed by atoms with Crippen LogP contribution in [0.3, 0.4) is 0 Å². The number of likely N-dealkylation sites (tertiary alicyclic amines) is 1. The zero-order valence-corrected chi connectivity index (χ0v) is 19.8. The van der Waals surface area contributed by atoms with Crippen molar-refractivity contribution in [3.63, 3.8) is 0 Å². The maximum atomic E-state index is 12.7. The number of fused-ring (bicyclic) bond motifs is 1. The molecule has 2 aliphatic rings. The summed E-state index contributed by atoms with van der Waals surface area (Å²) in [6.07, 6.45) is 4.94. The third kappa shape index (κ3) is 7.19. The molecule has 33 heavy (non-hydrogen) atoms. The minimum Gasteiger partial charge on any atom is -0.493 e. The number of amides is 2. The van der Waals surface area contributed by atoms with Crippen molar-refractivity contribution in [1.82, 2.24) is 15.1 Å². The Hall–Kier alpha value is -2.61. The topological polar surface area (TPSA) is 99.2 Å². The van der Waals surface area contributed by atoms with Gasteiger partial charge in [0.2, 0.25) is 11.8 Å². The third-order valence-corrected chi connectivity index (χ3v) is 6.46. The number of benzene rings is 1. The van der Waals surface area contributed by atoms with E-state index >= 15 is 0 Å². The zero-order chi connectivity index (χ0) is 23.8. The van der Waals surface area contributed by atoms with E-state index in [0.717, 1.165) is 42.6 Å². The monoisotopic (exact) mass is 459 g/mol. The van der Waals surface area contributed by atoms with Crippen LogP contribution in [-0.4, -0.2) is 71.0 Å². The molecule has 8 heteroatoms. The van der Waals surface area contributed by atoms with E-state index in [4.69, 9.17) is 4.74 Å². The molecule has 8 nitrogen and oxygen atoms in total. The Morgan fingerprint density at radius 3 is 2.76 bits per heavy atom. The number of hydrogen-bond donors (Lipinski definition) is 2. The first-order chi connectivity index (χ1) is 15.8. The Bertz CT molecular complexity index is 841. The first-order valence-electron chi connectivity index (χ1n) is 12.1. The van der Waals surface area contributed by atoms with Gasteiger partial charge in [0.05, 0.1) is 13.2 Å². The number of carboxylic acids is 1. The molecule has 2 heterocycles. The van der Waals surface area contributed by atoms with E-state index in [1.165, 1.54) is 4.90 Å². The molecule has 1 fully saturated rings. The molecule has 2 amide bonds. The van der Waals surface area contributed by atoms with Gasteiger partial charge in [0.25, 0.3) is 0 Å². The van der Waals surface area contributed by atoms with Gasteiger partial charge in [-0.1, -0.05) is 12.1 Å². The van der Waals surface area contributed by atoms with Crippen LogP contribution < -0.4 is 10.1 Å². The second-order valence-electron chi connectivity index (χ2n) is 9.28. The second-order valence-corrected chi connectivity index (χ2v) is 9.28. The third-order valence-electron chi connectivity index (χ3n) is 6.46. The molecule has 0 unspecified atom stereocenters. The van der Waals surface area contributed by atoms with Crippen molar-refractivity contribution in [2.45, 2.75) is 77.4 Å². The molecule has 2 aliphatic heterocycles. The smallest absolute Gasteiger partial charge is 0.326 e. The molecule has 1 atom stereocenters. The minimum atomic E-state index is -0.925. The van der Waals surface area contributed by atoms with Crippen LogP contribution in [0.15, 0.2) is 18.2 Å². The van der Waals surface area contributed by atoms with Gasteiger partial charge in [0.15, 0.2) is 0 Å². The summed E-state index contributed by atoms with van der Waals surface area (Å²) in [5.41, 5.74) is 2.01. The minimum absolute atomic E-state index is 0.0331. The fraction of sp³-hybridized carbons (Fsp3) is 0.640. The van der Waals surface area contributed by atoms with Gasteiger partial charge in [-0.15, -0.1) is 0 Å².